The summed E-state index contributed by atoms with van der Waals surface area (Å²) in [6.45, 7) is -0.454. The van der Waals surface area contributed by atoms with E-state index in [0.717, 1.165) is 25.0 Å². The Morgan fingerprint density at radius 3 is 2.55 bits per heavy atom. The molecule has 1 fully saturated rings. The Hall–Kier alpha value is -2.18. The van der Waals surface area contributed by atoms with Crippen molar-refractivity contribution in [3.63, 3.8) is 0 Å². The Balaban J connectivity index is 1.92. The van der Waals surface area contributed by atoms with E-state index >= 15 is 0 Å². The molecule has 0 spiro atoms. The maximum atomic E-state index is 13.4. The molecule has 2 rings (SSSR count). The van der Waals surface area contributed by atoms with Gasteiger partial charge in [0.2, 0.25) is 0 Å². The van der Waals surface area contributed by atoms with Gasteiger partial charge in [-0.1, -0.05) is 12.8 Å². The van der Waals surface area contributed by atoms with Crippen LogP contribution in [0.15, 0.2) is 18.2 Å². The van der Waals surface area contributed by atoms with Crippen LogP contribution in [-0.2, 0) is 9.59 Å². The topological polar surface area (TPSA) is 75.6 Å². The number of rotatable bonds is 6. The average Bonchev–Trinajstić information content (AvgIpc) is 2.84. The monoisotopic (exact) mass is 313 g/mol. The van der Waals surface area contributed by atoms with Gasteiger partial charge in [0.15, 0.2) is 18.2 Å². The number of carbonyl (C=O) groups excluding carboxylic acids is 1. The van der Waals surface area contributed by atoms with Gasteiger partial charge in [-0.15, -0.1) is 0 Å². The van der Waals surface area contributed by atoms with Crippen molar-refractivity contribution in [2.24, 2.45) is 0 Å². The second-order valence-corrected chi connectivity index (χ2v) is 5.47. The highest BCUT2D eigenvalue weighted by atomic mass is 19.1. The highest BCUT2D eigenvalue weighted by Gasteiger charge is 2.37. The van der Waals surface area contributed by atoms with Gasteiger partial charge in [0.1, 0.15) is 5.82 Å². The quantitative estimate of drug-likeness (QED) is 0.844. The minimum absolute atomic E-state index is 0.149. The Labute approximate surface area is 126 Å². The van der Waals surface area contributed by atoms with Crippen LogP contribution in [0.3, 0.4) is 0 Å². The zero-order valence-corrected chi connectivity index (χ0v) is 11.9. The normalized spacial score (nSPS) is 16.3. The second-order valence-electron chi connectivity index (χ2n) is 5.47. The van der Waals surface area contributed by atoms with Crippen LogP contribution in [0, 0.1) is 11.6 Å². The number of benzene rings is 1. The molecule has 1 aromatic carbocycles. The van der Waals surface area contributed by atoms with Crippen LogP contribution in [0.25, 0.3) is 0 Å². The molecule has 0 aromatic heterocycles. The molecule has 0 aliphatic heterocycles. The van der Waals surface area contributed by atoms with Gasteiger partial charge in [-0.3, -0.25) is 9.59 Å². The summed E-state index contributed by atoms with van der Waals surface area (Å²) >= 11 is 0. The van der Waals surface area contributed by atoms with Gasteiger partial charge in [0, 0.05) is 6.07 Å². The van der Waals surface area contributed by atoms with E-state index in [1.165, 1.54) is 0 Å². The molecular formula is C15H17F2NO4. The summed E-state index contributed by atoms with van der Waals surface area (Å²) in [5, 5.41) is 11.6. The van der Waals surface area contributed by atoms with Crippen molar-refractivity contribution in [1.29, 1.82) is 0 Å². The van der Waals surface area contributed by atoms with Crippen molar-refractivity contribution in [3.05, 3.63) is 29.8 Å². The number of hydrogen-bond acceptors (Lipinski definition) is 3. The fourth-order valence-corrected chi connectivity index (χ4v) is 2.75. The first-order chi connectivity index (χ1) is 10.4. The molecule has 0 unspecified atom stereocenters. The number of carboxylic acid groups (broad SMARTS) is 1. The first kappa shape index (κ1) is 16.2. The first-order valence-corrected chi connectivity index (χ1v) is 7.01. The Bertz CT molecular complexity index is 571. The van der Waals surface area contributed by atoms with E-state index < -0.39 is 35.7 Å². The smallest absolute Gasteiger partial charge is 0.305 e. The number of carboxylic acids is 1. The molecule has 1 amide bonds. The zero-order chi connectivity index (χ0) is 16.2. The van der Waals surface area contributed by atoms with Crippen LogP contribution in [0.4, 0.5) is 8.78 Å². The lowest BCUT2D eigenvalue weighted by Crippen LogP contribution is -2.49. The fraction of sp³-hybridized carbons (Fsp3) is 0.467. The molecule has 0 heterocycles. The standard InChI is InChI=1S/C15H17F2NO4/c16-10-3-4-12(11(17)7-10)22-9-13(19)18-15(8-14(20)21)5-1-2-6-15/h3-4,7H,1-2,5-6,8-9H2,(H,18,19)(H,20,21). The van der Waals surface area contributed by atoms with Gasteiger partial charge >= 0.3 is 5.97 Å². The number of nitrogens with one attached hydrogen (secondary N) is 1. The van der Waals surface area contributed by atoms with E-state index in [1.54, 1.807) is 0 Å². The van der Waals surface area contributed by atoms with Crippen LogP contribution in [0.1, 0.15) is 32.1 Å². The number of ether oxygens (including phenoxy) is 1. The number of aliphatic carboxylic acids is 1. The van der Waals surface area contributed by atoms with Crippen molar-refractivity contribution < 1.29 is 28.2 Å². The molecule has 7 heteroatoms. The van der Waals surface area contributed by atoms with Crippen molar-refractivity contribution in [3.8, 4) is 5.75 Å². The van der Waals surface area contributed by atoms with E-state index in [2.05, 4.69) is 5.32 Å². The highest BCUT2D eigenvalue weighted by molar-refractivity contribution is 5.79. The van der Waals surface area contributed by atoms with E-state index in [1.807, 2.05) is 0 Å². The van der Waals surface area contributed by atoms with E-state index in [-0.39, 0.29) is 12.2 Å². The summed E-state index contributed by atoms with van der Waals surface area (Å²) in [5.74, 6) is -3.36. The van der Waals surface area contributed by atoms with Crippen LogP contribution in [-0.4, -0.2) is 29.1 Å². The predicted molar refractivity (Wildman–Crippen MR) is 73.4 cm³/mol. The van der Waals surface area contributed by atoms with Crippen molar-refractivity contribution >= 4 is 11.9 Å². The maximum absolute atomic E-state index is 13.4. The average molecular weight is 313 g/mol. The van der Waals surface area contributed by atoms with Gasteiger partial charge in [0.25, 0.3) is 5.91 Å². The molecule has 1 saturated carbocycles. The lowest BCUT2D eigenvalue weighted by atomic mass is 9.93. The second kappa shape index (κ2) is 6.72. The van der Waals surface area contributed by atoms with E-state index in [4.69, 9.17) is 9.84 Å². The van der Waals surface area contributed by atoms with Crippen LogP contribution >= 0.6 is 0 Å². The van der Waals surface area contributed by atoms with Crippen molar-refractivity contribution in [2.75, 3.05) is 6.61 Å². The predicted octanol–water partition coefficient (Wildman–Crippen LogP) is 2.25. The van der Waals surface area contributed by atoms with Gasteiger partial charge in [-0.25, -0.2) is 8.78 Å². The molecule has 22 heavy (non-hydrogen) atoms. The van der Waals surface area contributed by atoms with Crippen LogP contribution in [0.2, 0.25) is 0 Å². The molecule has 0 radical (unpaired) electrons. The SMILES string of the molecule is O=C(O)CC1(NC(=O)COc2ccc(F)cc2F)CCCC1. The molecule has 2 N–H and O–H groups in total. The maximum Gasteiger partial charge on any atom is 0.305 e. The van der Waals surface area contributed by atoms with Gasteiger partial charge in [-0.05, 0) is 25.0 Å². The first-order valence-electron chi connectivity index (χ1n) is 7.01. The molecule has 1 aromatic rings. The molecule has 1 aliphatic rings. The minimum atomic E-state index is -0.979. The Kier molecular flexibility index (Phi) is 4.95. The number of hydrogen-bond donors (Lipinski definition) is 2. The summed E-state index contributed by atoms with van der Waals surface area (Å²) in [6, 6.07) is 2.79. The largest absolute Gasteiger partial charge is 0.481 e. The van der Waals surface area contributed by atoms with E-state index in [9.17, 15) is 18.4 Å². The third kappa shape index (κ3) is 4.16. The summed E-state index contributed by atoms with van der Waals surface area (Å²) in [4.78, 5) is 22.8. The third-order valence-electron chi connectivity index (χ3n) is 3.71. The fourth-order valence-electron chi connectivity index (χ4n) is 2.75. The van der Waals surface area contributed by atoms with Gasteiger partial charge in [0.05, 0.1) is 12.0 Å². The van der Waals surface area contributed by atoms with Crippen molar-refractivity contribution in [1.82, 2.24) is 5.32 Å². The zero-order valence-electron chi connectivity index (χ0n) is 11.9. The van der Waals surface area contributed by atoms with Crippen LogP contribution in [0.5, 0.6) is 5.75 Å². The Morgan fingerprint density at radius 2 is 1.95 bits per heavy atom. The number of halogens is 2. The van der Waals surface area contributed by atoms with Crippen molar-refractivity contribution in [2.45, 2.75) is 37.6 Å². The lowest BCUT2D eigenvalue weighted by molar-refractivity contribution is -0.139. The van der Waals surface area contributed by atoms with Gasteiger partial charge in [-0.2, -0.15) is 0 Å². The molecular weight excluding hydrogens is 296 g/mol. The lowest BCUT2D eigenvalue weighted by Gasteiger charge is -2.28. The molecule has 5 nitrogen and oxygen atoms in total. The Morgan fingerprint density at radius 1 is 1.27 bits per heavy atom. The number of carbonyl (C=O) groups is 2. The molecule has 1 aliphatic carbocycles. The van der Waals surface area contributed by atoms with Crippen LogP contribution < -0.4 is 10.1 Å². The summed E-state index contributed by atoms with van der Waals surface area (Å²) in [6.07, 6.45) is 2.73. The molecule has 0 atom stereocenters. The third-order valence-corrected chi connectivity index (χ3v) is 3.71. The van der Waals surface area contributed by atoms with E-state index in [0.29, 0.717) is 18.9 Å². The molecule has 0 bridgehead atoms. The summed E-state index contributed by atoms with van der Waals surface area (Å²) in [5.41, 5.74) is -0.756. The molecule has 120 valence electrons. The summed E-state index contributed by atoms with van der Waals surface area (Å²) < 4.78 is 31.1. The van der Waals surface area contributed by atoms with Gasteiger partial charge < -0.3 is 15.2 Å². The summed E-state index contributed by atoms with van der Waals surface area (Å²) in [7, 11) is 0. The number of amides is 1. The molecule has 0 saturated heterocycles. The highest BCUT2D eigenvalue weighted by Crippen LogP contribution is 2.32. The minimum Gasteiger partial charge on any atom is -0.481 e.